The van der Waals surface area contributed by atoms with Crippen LogP contribution in [0.3, 0.4) is 0 Å². The molecule has 0 radical (unpaired) electrons. The van der Waals surface area contributed by atoms with Crippen LogP contribution in [0.15, 0.2) is 24.3 Å². The zero-order valence-corrected chi connectivity index (χ0v) is 9.67. The van der Waals surface area contributed by atoms with Crippen molar-refractivity contribution in [2.24, 2.45) is 0 Å². The highest BCUT2D eigenvalue weighted by Crippen LogP contribution is 2.37. The molecule has 0 heterocycles. The molecule has 20 heavy (non-hydrogen) atoms. The summed E-state index contributed by atoms with van der Waals surface area (Å²) in [4.78, 5) is 10.2. The zero-order chi connectivity index (χ0) is 15.4. The van der Waals surface area contributed by atoms with Gasteiger partial charge < -0.3 is 9.84 Å². The predicted molar refractivity (Wildman–Crippen MR) is 57.2 cm³/mol. The number of benzene rings is 1. The van der Waals surface area contributed by atoms with Crippen molar-refractivity contribution in [3.05, 3.63) is 29.8 Å². The van der Waals surface area contributed by atoms with Gasteiger partial charge in [0.1, 0.15) is 12.2 Å². The highest BCUT2D eigenvalue weighted by Gasteiger charge is 2.61. The van der Waals surface area contributed by atoms with Crippen LogP contribution in [-0.2, 0) is 4.79 Å². The van der Waals surface area contributed by atoms with Gasteiger partial charge >= 0.3 is 18.3 Å². The summed E-state index contributed by atoms with van der Waals surface area (Å²) in [6.45, 7) is 0. The molecular weight excluding hydrogens is 287 g/mol. The molecule has 0 aliphatic rings. The van der Waals surface area contributed by atoms with E-state index in [-0.39, 0.29) is 5.56 Å². The predicted octanol–water partition coefficient (Wildman–Crippen LogP) is 3.05. The lowest BCUT2D eigenvalue weighted by molar-refractivity contribution is -0.360. The van der Waals surface area contributed by atoms with Gasteiger partial charge in [0.25, 0.3) is 0 Å². The summed E-state index contributed by atoms with van der Waals surface area (Å²) in [7, 11) is 0. The van der Waals surface area contributed by atoms with Gasteiger partial charge in [-0.15, -0.1) is 0 Å². The Bertz CT molecular complexity index is 537. The van der Waals surface area contributed by atoms with Crippen LogP contribution in [0.2, 0.25) is 0 Å². The van der Waals surface area contributed by atoms with E-state index in [1.165, 1.54) is 0 Å². The van der Waals surface area contributed by atoms with Crippen molar-refractivity contribution in [2.75, 3.05) is 0 Å². The van der Waals surface area contributed by atoms with Gasteiger partial charge in [0.05, 0.1) is 0 Å². The molecular formula is C12H7F5O3. The number of hydrogen-bond acceptors (Lipinski definition) is 2. The molecule has 0 amide bonds. The van der Waals surface area contributed by atoms with Crippen molar-refractivity contribution < 1.29 is 36.6 Å². The smallest absolute Gasteiger partial charge is 0.481 e. The second-order valence-corrected chi connectivity index (χ2v) is 3.51. The Morgan fingerprint density at radius 3 is 2.15 bits per heavy atom. The van der Waals surface area contributed by atoms with Gasteiger partial charge in [0.15, 0.2) is 0 Å². The Labute approximate surface area is 110 Å². The highest BCUT2D eigenvalue weighted by atomic mass is 19.4. The lowest BCUT2D eigenvalue weighted by atomic mass is 10.2. The van der Waals surface area contributed by atoms with Crippen molar-refractivity contribution in [2.45, 2.75) is 18.7 Å². The molecule has 0 spiro atoms. The van der Waals surface area contributed by atoms with Crippen molar-refractivity contribution >= 4 is 5.97 Å². The lowest BCUT2D eigenvalue weighted by Gasteiger charge is -2.20. The third kappa shape index (κ3) is 4.42. The molecule has 0 fully saturated rings. The molecule has 0 atom stereocenters. The first-order chi connectivity index (χ1) is 9.12. The van der Waals surface area contributed by atoms with Crippen molar-refractivity contribution in [1.82, 2.24) is 0 Å². The van der Waals surface area contributed by atoms with Gasteiger partial charge in [-0.05, 0) is 24.3 Å². The van der Waals surface area contributed by atoms with E-state index in [1.807, 2.05) is 0 Å². The molecule has 0 bridgehead atoms. The van der Waals surface area contributed by atoms with E-state index < -0.39 is 30.4 Å². The van der Waals surface area contributed by atoms with Gasteiger partial charge in [0, 0.05) is 5.56 Å². The van der Waals surface area contributed by atoms with Crippen LogP contribution >= 0.6 is 0 Å². The number of aliphatic carboxylic acids is 1. The average molecular weight is 294 g/mol. The number of rotatable bonds is 3. The van der Waals surface area contributed by atoms with E-state index in [2.05, 4.69) is 16.6 Å². The van der Waals surface area contributed by atoms with E-state index in [1.54, 1.807) is 0 Å². The average Bonchev–Trinajstić information content (AvgIpc) is 2.29. The maximum Gasteiger partial charge on any atom is 0.499 e. The number of halogens is 5. The fourth-order valence-corrected chi connectivity index (χ4v) is 1.03. The summed E-state index contributed by atoms with van der Waals surface area (Å²) in [5.41, 5.74) is 0.258. The van der Waals surface area contributed by atoms with E-state index in [9.17, 15) is 26.7 Å². The van der Waals surface area contributed by atoms with Crippen LogP contribution in [0.5, 0.6) is 5.75 Å². The first kappa shape index (κ1) is 15.8. The van der Waals surface area contributed by atoms with E-state index >= 15 is 0 Å². The molecule has 0 aliphatic heterocycles. The molecule has 0 aromatic heterocycles. The number of hydrogen-bond donors (Lipinski definition) is 1. The number of alkyl halides is 5. The second-order valence-electron chi connectivity index (χ2n) is 3.51. The first-order valence-electron chi connectivity index (χ1n) is 5.06. The number of carboxylic acids is 1. The number of carbonyl (C=O) groups is 1. The molecule has 8 heteroatoms. The monoisotopic (exact) mass is 294 g/mol. The van der Waals surface area contributed by atoms with Crippen LogP contribution in [-0.4, -0.2) is 23.4 Å². The summed E-state index contributed by atoms with van der Waals surface area (Å²) in [5, 5.41) is 8.33. The molecule has 0 saturated heterocycles. The molecule has 1 N–H and O–H groups in total. The standard InChI is InChI=1S/C12H7F5O3/c13-11(14,15)12(16,17)20-9-6-4-8(5-7-9)2-1-3-10(18)19/h4-7H,3H2,(H,18,19). The van der Waals surface area contributed by atoms with Crippen LogP contribution in [0.1, 0.15) is 12.0 Å². The minimum Gasteiger partial charge on any atom is -0.481 e. The largest absolute Gasteiger partial charge is 0.499 e. The highest BCUT2D eigenvalue weighted by molar-refractivity contribution is 5.70. The molecule has 108 valence electrons. The summed E-state index contributed by atoms with van der Waals surface area (Å²) in [6.07, 6.45) is -11.5. The third-order valence-corrected chi connectivity index (χ3v) is 1.90. The Hall–Kier alpha value is -2.30. The molecule has 3 nitrogen and oxygen atoms in total. The summed E-state index contributed by atoms with van der Waals surface area (Å²) in [6, 6.07) is 4.03. The second kappa shape index (κ2) is 5.77. The fraction of sp³-hybridized carbons (Fsp3) is 0.250. The van der Waals surface area contributed by atoms with Gasteiger partial charge in [-0.2, -0.15) is 22.0 Å². The Kier molecular flexibility index (Phi) is 4.55. The van der Waals surface area contributed by atoms with Crippen molar-refractivity contribution in [3.63, 3.8) is 0 Å². The number of carboxylic acid groups (broad SMARTS) is 1. The Morgan fingerprint density at radius 1 is 1.15 bits per heavy atom. The van der Waals surface area contributed by atoms with Gasteiger partial charge in [-0.25, -0.2) is 0 Å². The minimum absolute atomic E-state index is 0.258. The van der Waals surface area contributed by atoms with Gasteiger partial charge in [0.2, 0.25) is 0 Å². The zero-order valence-electron chi connectivity index (χ0n) is 9.67. The third-order valence-electron chi connectivity index (χ3n) is 1.90. The Morgan fingerprint density at radius 2 is 1.70 bits per heavy atom. The summed E-state index contributed by atoms with van der Waals surface area (Å²) in [5.74, 6) is 2.85. The van der Waals surface area contributed by atoms with Gasteiger partial charge in [-0.1, -0.05) is 11.8 Å². The van der Waals surface area contributed by atoms with Crippen molar-refractivity contribution in [1.29, 1.82) is 0 Å². The summed E-state index contributed by atoms with van der Waals surface area (Å²) >= 11 is 0. The van der Waals surface area contributed by atoms with E-state index in [0.717, 1.165) is 24.3 Å². The maximum absolute atomic E-state index is 12.6. The quantitative estimate of drug-likeness (QED) is 0.688. The molecule has 0 aliphatic carbocycles. The summed E-state index contributed by atoms with van der Waals surface area (Å²) < 4.78 is 64.4. The topological polar surface area (TPSA) is 46.5 Å². The molecule has 1 aromatic rings. The normalized spacial score (nSPS) is 11.4. The molecule has 1 rings (SSSR count). The first-order valence-corrected chi connectivity index (χ1v) is 5.06. The molecule has 0 unspecified atom stereocenters. The number of ether oxygens (including phenoxy) is 1. The molecule has 0 saturated carbocycles. The molecule has 1 aromatic carbocycles. The van der Waals surface area contributed by atoms with E-state index in [4.69, 9.17) is 5.11 Å². The van der Waals surface area contributed by atoms with Crippen molar-refractivity contribution in [3.8, 4) is 17.6 Å². The fourth-order valence-electron chi connectivity index (χ4n) is 1.03. The van der Waals surface area contributed by atoms with E-state index in [0.29, 0.717) is 0 Å². The van der Waals surface area contributed by atoms with Crippen LogP contribution in [0, 0.1) is 11.8 Å². The van der Waals surface area contributed by atoms with Gasteiger partial charge in [-0.3, -0.25) is 4.79 Å². The minimum atomic E-state index is -5.81. The Balaban J connectivity index is 2.77. The van der Waals surface area contributed by atoms with Crippen LogP contribution in [0.4, 0.5) is 22.0 Å². The maximum atomic E-state index is 12.6. The van der Waals surface area contributed by atoms with Crippen LogP contribution in [0.25, 0.3) is 0 Å². The van der Waals surface area contributed by atoms with Crippen LogP contribution < -0.4 is 4.74 Å². The lowest BCUT2D eigenvalue weighted by Crippen LogP contribution is -2.41. The SMILES string of the molecule is O=C(O)CC#Cc1ccc(OC(F)(F)C(F)(F)F)cc1.